The molecule has 1 fully saturated rings. The summed E-state index contributed by atoms with van der Waals surface area (Å²) in [6, 6.07) is 10.3. The van der Waals surface area contributed by atoms with Crippen LogP contribution in [0.5, 0.6) is 0 Å². The molecule has 168 valence electrons. The second-order valence-corrected chi connectivity index (χ2v) is 9.79. The van der Waals surface area contributed by atoms with Gasteiger partial charge in [0.2, 0.25) is 0 Å². The third-order valence-corrected chi connectivity index (χ3v) is 7.10. The van der Waals surface area contributed by atoms with Crippen molar-refractivity contribution in [1.29, 1.82) is 0 Å². The minimum absolute atomic E-state index is 0.0380. The van der Waals surface area contributed by atoms with Crippen LogP contribution in [-0.4, -0.2) is 46.5 Å². The molecule has 2 aromatic rings. The number of amides is 1. The number of carbonyl (C=O) groups is 1. The summed E-state index contributed by atoms with van der Waals surface area (Å²) in [7, 11) is -3.81. The van der Waals surface area contributed by atoms with Gasteiger partial charge in [-0.3, -0.25) is 9.52 Å². The Labute approximate surface area is 185 Å². The number of nitrogens with zero attached hydrogens (tertiary/aromatic N) is 1. The SMILES string of the molecule is CCC(C)NC(=O)c1ccc(N2CCNCC2)c(NS(=O)(=O)c2ccc(C)c(C)c2)c1. The first-order chi connectivity index (χ1) is 14.7. The molecule has 0 bridgehead atoms. The number of sulfonamides is 1. The monoisotopic (exact) mass is 444 g/mol. The number of aryl methyl sites for hydroxylation is 2. The molecular formula is C23H32N4O3S. The van der Waals surface area contributed by atoms with E-state index in [-0.39, 0.29) is 16.8 Å². The molecular weight excluding hydrogens is 412 g/mol. The lowest BCUT2D eigenvalue weighted by Crippen LogP contribution is -2.43. The summed E-state index contributed by atoms with van der Waals surface area (Å²) < 4.78 is 29.1. The minimum Gasteiger partial charge on any atom is -0.367 e. The van der Waals surface area contributed by atoms with Gasteiger partial charge in [0.05, 0.1) is 16.3 Å². The largest absolute Gasteiger partial charge is 0.367 e. The number of hydrogen-bond acceptors (Lipinski definition) is 5. The van der Waals surface area contributed by atoms with Crippen LogP contribution < -0.4 is 20.3 Å². The van der Waals surface area contributed by atoms with Crippen molar-refractivity contribution in [2.24, 2.45) is 0 Å². The van der Waals surface area contributed by atoms with Gasteiger partial charge in [0, 0.05) is 37.8 Å². The van der Waals surface area contributed by atoms with Crippen LogP contribution in [0.15, 0.2) is 41.3 Å². The molecule has 3 N–H and O–H groups in total. The van der Waals surface area contributed by atoms with Crippen LogP contribution in [0.2, 0.25) is 0 Å². The fourth-order valence-corrected chi connectivity index (χ4v) is 4.58. The Morgan fingerprint density at radius 1 is 1.10 bits per heavy atom. The summed E-state index contributed by atoms with van der Waals surface area (Å²) in [6.45, 7) is 10.9. The molecule has 1 amide bonds. The summed E-state index contributed by atoms with van der Waals surface area (Å²) in [5.41, 5.74) is 3.55. The highest BCUT2D eigenvalue weighted by atomic mass is 32.2. The standard InChI is InChI=1S/C23H32N4O3S/c1-5-18(4)25-23(28)19-7-9-22(27-12-10-24-11-13-27)21(15-19)26-31(29,30)20-8-6-16(2)17(3)14-20/h6-9,14-15,18,24,26H,5,10-13H2,1-4H3,(H,25,28). The zero-order valence-corrected chi connectivity index (χ0v) is 19.5. The van der Waals surface area contributed by atoms with E-state index in [9.17, 15) is 13.2 Å². The van der Waals surface area contributed by atoms with Gasteiger partial charge in [-0.1, -0.05) is 13.0 Å². The van der Waals surface area contributed by atoms with Crippen LogP contribution in [0.25, 0.3) is 0 Å². The average Bonchev–Trinajstić information content (AvgIpc) is 2.75. The number of rotatable bonds is 7. The molecule has 31 heavy (non-hydrogen) atoms. The van der Waals surface area contributed by atoms with Crippen molar-refractivity contribution in [3.8, 4) is 0 Å². The highest BCUT2D eigenvalue weighted by Gasteiger charge is 2.22. The maximum Gasteiger partial charge on any atom is 0.261 e. The predicted octanol–water partition coefficient (Wildman–Crippen LogP) is 3.04. The molecule has 8 heteroatoms. The molecule has 0 aromatic heterocycles. The van der Waals surface area contributed by atoms with E-state index in [0.717, 1.165) is 49.4 Å². The normalized spacial score (nSPS) is 15.4. The van der Waals surface area contributed by atoms with Crippen LogP contribution in [-0.2, 0) is 10.0 Å². The van der Waals surface area contributed by atoms with Gasteiger partial charge in [0.15, 0.2) is 0 Å². The van der Waals surface area contributed by atoms with Crippen molar-refractivity contribution in [3.05, 3.63) is 53.1 Å². The highest BCUT2D eigenvalue weighted by Crippen LogP contribution is 2.30. The van der Waals surface area contributed by atoms with Crippen molar-refractivity contribution in [2.45, 2.75) is 45.1 Å². The molecule has 1 unspecified atom stereocenters. The van der Waals surface area contributed by atoms with E-state index < -0.39 is 10.0 Å². The molecule has 0 spiro atoms. The van der Waals surface area contributed by atoms with Crippen molar-refractivity contribution < 1.29 is 13.2 Å². The van der Waals surface area contributed by atoms with Crippen molar-refractivity contribution >= 4 is 27.3 Å². The summed E-state index contributed by atoms with van der Waals surface area (Å²) in [5.74, 6) is -0.215. The van der Waals surface area contributed by atoms with Gasteiger partial charge in [0.25, 0.3) is 15.9 Å². The molecule has 1 saturated heterocycles. The Morgan fingerprint density at radius 3 is 2.45 bits per heavy atom. The number of carbonyl (C=O) groups excluding carboxylic acids is 1. The summed E-state index contributed by atoms with van der Waals surface area (Å²) >= 11 is 0. The second-order valence-electron chi connectivity index (χ2n) is 8.10. The summed E-state index contributed by atoms with van der Waals surface area (Å²) in [5, 5.41) is 6.24. The van der Waals surface area contributed by atoms with Crippen LogP contribution in [0.3, 0.4) is 0 Å². The number of nitrogens with one attached hydrogen (secondary N) is 3. The zero-order chi connectivity index (χ0) is 22.6. The molecule has 1 heterocycles. The maximum absolute atomic E-state index is 13.2. The first kappa shape index (κ1) is 23.1. The van der Waals surface area contributed by atoms with Crippen LogP contribution in [0, 0.1) is 13.8 Å². The van der Waals surface area contributed by atoms with E-state index in [0.29, 0.717) is 11.3 Å². The van der Waals surface area contributed by atoms with E-state index in [1.807, 2.05) is 33.8 Å². The van der Waals surface area contributed by atoms with Crippen LogP contribution in [0.1, 0.15) is 41.8 Å². The first-order valence-corrected chi connectivity index (χ1v) is 12.2. The number of hydrogen-bond donors (Lipinski definition) is 3. The molecule has 1 atom stereocenters. The number of anilines is 2. The predicted molar refractivity (Wildman–Crippen MR) is 125 cm³/mol. The Hall–Kier alpha value is -2.58. The van der Waals surface area contributed by atoms with Gasteiger partial charge in [-0.15, -0.1) is 0 Å². The van der Waals surface area contributed by atoms with Crippen molar-refractivity contribution in [3.63, 3.8) is 0 Å². The van der Waals surface area contributed by atoms with Gasteiger partial charge in [-0.2, -0.15) is 0 Å². The van der Waals surface area contributed by atoms with Gasteiger partial charge in [-0.25, -0.2) is 8.42 Å². The lowest BCUT2D eigenvalue weighted by Gasteiger charge is -2.31. The van der Waals surface area contributed by atoms with Gasteiger partial charge in [0.1, 0.15) is 0 Å². The molecule has 0 aliphatic carbocycles. The first-order valence-electron chi connectivity index (χ1n) is 10.7. The number of piperazine rings is 1. The van der Waals surface area contributed by atoms with E-state index in [2.05, 4.69) is 20.3 Å². The average molecular weight is 445 g/mol. The van der Waals surface area contributed by atoms with E-state index in [1.165, 1.54) is 0 Å². The summed E-state index contributed by atoms with van der Waals surface area (Å²) in [4.78, 5) is 15.0. The Bertz CT molecular complexity index is 1050. The molecule has 0 saturated carbocycles. The van der Waals surface area contributed by atoms with Crippen LogP contribution in [0.4, 0.5) is 11.4 Å². The third-order valence-electron chi connectivity index (χ3n) is 5.74. The van der Waals surface area contributed by atoms with Gasteiger partial charge in [-0.05, 0) is 68.7 Å². The molecule has 7 nitrogen and oxygen atoms in total. The van der Waals surface area contributed by atoms with Crippen molar-refractivity contribution in [1.82, 2.24) is 10.6 Å². The lowest BCUT2D eigenvalue weighted by atomic mass is 10.1. The Morgan fingerprint density at radius 2 is 1.81 bits per heavy atom. The fraction of sp³-hybridized carbons (Fsp3) is 0.435. The fourth-order valence-electron chi connectivity index (χ4n) is 3.43. The number of benzene rings is 2. The van der Waals surface area contributed by atoms with Crippen LogP contribution >= 0.6 is 0 Å². The minimum atomic E-state index is -3.81. The molecule has 2 aromatic carbocycles. The maximum atomic E-state index is 13.2. The van der Waals surface area contributed by atoms with Gasteiger partial charge < -0.3 is 15.5 Å². The van der Waals surface area contributed by atoms with E-state index >= 15 is 0 Å². The van der Waals surface area contributed by atoms with Gasteiger partial charge >= 0.3 is 0 Å². The van der Waals surface area contributed by atoms with E-state index in [4.69, 9.17) is 0 Å². The quantitative estimate of drug-likeness (QED) is 0.611. The Balaban J connectivity index is 1.98. The smallest absolute Gasteiger partial charge is 0.261 e. The lowest BCUT2D eigenvalue weighted by molar-refractivity contribution is 0.0939. The van der Waals surface area contributed by atoms with Crippen molar-refractivity contribution in [2.75, 3.05) is 35.8 Å². The summed E-state index contributed by atoms with van der Waals surface area (Å²) in [6.07, 6.45) is 0.816. The highest BCUT2D eigenvalue weighted by molar-refractivity contribution is 7.92. The molecule has 3 rings (SSSR count). The molecule has 1 aliphatic heterocycles. The molecule has 0 radical (unpaired) electrons. The second kappa shape index (κ2) is 9.70. The van der Waals surface area contributed by atoms with E-state index in [1.54, 1.807) is 30.3 Å². The Kier molecular flexibility index (Phi) is 7.23. The third kappa shape index (κ3) is 5.57. The zero-order valence-electron chi connectivity index (χ0n) is 18.7. The molecule has 1 aliphatic rings. The topological polar surface area (TPSA) is 90.5 Å².